The quantitative estimate of drug-likeness (QED) is 0.649. The lowest BCUT2D eigenvalue weighted by Gasteiger charge is -1.99. The van der Waals surface area contributed by atoms with Crippen molar-refractivity contribution in [3.05, 3.63) is 38.6 Å². The van der Waals surface area contributed by atoms with E-state index in [-0.39, 0.29) is 12.5 Å². The van der Waals surface area contributed by atoms with E-state index in [0.717, 1.165) is 0 Å². The van der Waals surface area contributed by atoms with E-state index in [2.05, 4.69) is 36.8 Å². The summed E-state index contributed by atoms with van der Waals surface area (Å²) in [6.07, 6.45) is -2.93. The van der Waals surface area contributed by atoms with E-state index in [1.807, 2.05) is 0 Å². The van der Waals surface area contributed by atoms with E-state index in [1.54, 1.807) is 25.1 Å². The minimum Gasteiger partial charge on any atom is -0.460 e. The fraction of sp³-hybridized carbons (Fsp3) is 0.231. The van der Waals surface area contributed by atoms with Crippen LogP contribution in [-0.2, 0) is 4.74 Å². The molecule has 0 fully saturated rings. The van der Waals surface area contributed by atoms with Crippen LogP contribution in [0.3, 0.4) is 0 Å². The van der Waals surface area contributed by atoms with Gasteiger partial charge in [-0.2, -0.15) is 0 Å². The van der Waals surface area contributed by atoms with E-state index in [4.69, 9.17) is 9.15 Å². The van der Waals surface area contributed by atoms with Crippen molar-refractivity contribution in [1.29, 1.82) is 0 Å². The average Bonchev–Trinajstić information content (AvgIpc) is 2.83. The van der Waals surface area contributed by atoms with Gasteiger partial charge in [-0.1, -0.05) is 31.9 Å². The summed E-state index contributed by atoms with van der Waals surface area (Å²) in [6, 6.07) is 5.05. The maximum Gasteiger partial charge on any atom is 0.376 e. The lowest BCUT2D eigenvalue weighted by Crippen LogP contribution is -2.06. The minimum absolute atomic E-state index is 0.0555. The number of ether oxygens (including phenoxy) is 1. The second kappa shape index (κ2) is 6.65. The number of aromatic nitrogens is 1. The lowest BCUT2D eigenvalue weighted by atomic mass is 10.2. The Morgan fingerprint density at radius 3 is 2.48 bits per heavy atom. The molecule has 0 atom stereocenters. The summed E-state index contributed by atoms with van der Waals surface area (Å²) in [6.45, 7) is 1.63. The van der Waals surface area contributed by atoms with Crippen LogP contribution >= 0.6 is 31.9 Å². The zero-order chi connectivity index (χ0) is 15.6. The van der Waals surface area contributed by atoms with Gasteiger partial charge in [0.25, 0.3) is 6.43 Å². The maximum atomic E-state index is 13.0. The molecule has 0 radical (unpaired) electrons. The molecule has 0 saturated carbocycles. The molecule has 1 heterocycles. The fourth-order valence-electron chi connectivity index (χ4n) is 1.62. The molecule has 0 aliphatic carbocycles. The number of alkyl halides is 2. The second-order valence-corrected chi connectivity index (χ2v) is 5.74. The van der Waals surface area contributed by atoms with Gasteiger partial charge in [-0.25, -0.2) is 18.6 Å². The number of carbonyl (C=O) groups excluding carboxylic acids is 1. The number of benzene rings is 1. The van der Waals surface area contributed by atoms with Crippen LogP contribution in [0, 0.1) is 0 Å². The zero-order valence-electron chi connectivity index (χ0n) is 10.7. The first-order valence-electron chi connectivity index (χ1n) is 5.84. The smallest absolute Gasteiger partial charge is 0.376 e. The summed E-state index contributed by atoms with van der Waals surface area (Å²) in [5.41, 5.74) is -0.270. The highest BCUT2D eigenvalue weighted by Gasteiger charge is 2.28. The average molecular weight is 425 g/mol. The Labute approximate surface area is 135 Å². The number of esters is 1. The standard InChI is InChI=1S/C13H9Br2F2NO3/c1-2-20-13(19)10-9(11(16)17)18-12(21-10)6-3-7(14)5-8(15)4-6/h3-5,11H,2H2,1H3. The molecule has 1 aromatic carbocycles. The molecule has 4 nitrogen and oxygen atoms in total. The molecule has 2 aromatic rings. The third-order valence-electron chi connectivity index (χ3n) is 2.43. The first-order valence-corrected chi connectivity index (χ1v) is 7.43. The number of rotatable bonds is 4. The maximum absolute atomic E-state index is 13.0. The van der Waals surface area contributed by atoms with Crippen molar-refractivity contribution in [3.8, 4) is 11.5 Å². The molecule has 0 bridgehead atoms. The molecule has 0 N–H and O–H groups in total. The molecule has 0 saturated heterocycles. The van der Waals surface area contributed by atoms with Crippen molar-refractivity contribution in [3.63, 3.8) is 0 Å². The molecule has 0 spiro atoms. The van der Waals surface area contributed by atoms with Gasteiger partial charge in [0, 0.05) is 14.5 Å². The van der Waals surface area contributed by atoms with Crippen molar-refractivity contribution in [2.75, 3.05) is 6.61 Å². The van der Waals surface area contributed by atoms with E-state index in [9.17, 15) is 13.6 Å². The largest absolute Gasteiger partial charge is 0.460 e. The minimum atomic E-state index is -2.93. The number of nitrogens with zero attached hydrogens (tertiary/aromatic N) is 1. The van der Waals surface area contributed by atoms with Gasteiger partial charge in [0.2, 0.25) is 11.7 Å². The molecular formula is C13H9Br2F2NO3. The number of hydrogen-bond acceptors (Lipinski definition) is 4. The van der Waals surface area contributed by atoms with Gasteiger partial charge in [0.1, 0.15) is 0 Å². The predicted molar refractivity (Wildman–Crippen MR) is 78.3 cm³/mol. The first kappa shape index (κ1) is 16.1. The fourth-order valence-corrected chi connectivity index (χ4v) is 2.92. The van der Waals surface area contributed by atoms with E-state index in [0.29, 0.717) is 14.5 Å². The van der Waals surface area contributed by atoms with E-state index in [1.165, 1.54) is 0 Å². The Bertz CT molecular complexity index is 653. The SMILES string of the molecule is CCOC(=O)c1oc(-c2cc(Br)cc(Br)c2)nc1C(F)F. The van der Waals surface area contributed by atoms with Crippen LogP contribution in [0.4, 0.5) is 8.78 Å². The Kier molecular flexibility index (Phi) is 5.10. The first-order chi connectivity index (χ1) is 9.92. The van der Waals surface area contributed by atoms with Crippen LogP contribution in [0.25, 0.3) is 11.5 Å². The van der Waals surface area contributed by atoms with Crippen LogP contribution < -0.4 is 0 Å². The van der Waals surface area contributed by atoms with Crippen LogP contribution in [0.2, 0.25) is 0 Å². The third-order valence-corrected chi connectivity index (χ3v) is 3.35. The highest BCUT2D eigenvalue weighted by Crippen LogP contribution is 2.31. The van der Waals surface area contributed by atoms with Crippen LogP contribution in [0.5, 0.6) is 0 Å². The molecule has 8 heteroatoms. The van der Waals surface area contributed by atoms with Gasteiger partial charge in [-0.15, -0.1) is 0 Å². The van der Waals surface area contributed by atoms with Crippen molar-refractivity contribution >= 4 is 37.8 Å². The Morgan fingerprint density at radius 1 is 1.33 bits per heavy atom. The molecule has 1 aromatic heterocycles. The number of hydrogen-bond donors (Lipinski definition) is 0. The van der Waals surface area contributed by atoms with Gasteiger partial charge in [-0.05, 0) is 25.1 Å². The molecule has 0 aliphatic rings. The molecule has 112 valence electrons. The van der Waals surface area contributed by atoms with Crippen LogP contribution in [0.1, 0.15) is 29.6 Å². The predicted octanol–water partition coefficient (Wildman–Crippen LogP) is 4.98. The van der Waals surface area contributed by atoms with Gasteiger partial charge in [0.15, 0.2) is 5.69 Å². The van der Waals surface area contributed by atoms with Gasteiger partial charge >= 0.3 is 5.97 Å². The topological polar surface area (TPSA) is 52.3 Å². The monoisotopic (exact) mass is 423 g/mol. The molecule has 2 rings (SSSR count). The number of carbonyl (C=O) groups is 1. The summed E-state index contributed by atoms with van der Waals surface area (Å²) in [4.78, 5) is 15.3. The van der Waals surface area contributed by atoms with Gasteiger partial charge in [-0.3, -0.25) is 0 Å². The Balaban J connectivity index is 2.50. The Morgan fingerprint density at radius 2 is 1.95 bits per heavy atom. The molecule has 0 aliphatic heterocycles. The summed E-state index contributed by atoms with van der Waals surface area (Å²) in [5, 5.41) is 0. The zero-order valence-corrected chi connectivity index (χ0v) is 13.9. The third kappa shape index (κ3) is 3.68. The van der Waals surface area contributed by atoms with Crippen molar-refractivity contribution in [1.82, 2.24) is 4.98 Å². The van der Waals surface area contributed by atoms with Gasteiger partial charge in [0.05, 0.1) is 6.61 Å². The van der Waals surface area contributed by atoms with E-state index < -0.39 is 23.8 Å². The highest BCUT2D eigenvalue weighted by atomic mass is 79.9. The van der Waals surface area contributed by atoms with Crippen LogP contribution in [-0.4, -0.2) is 17.6 Å². The normalized spacial score (nSPS) is 11.0. The van der Waals surface area contributed by atoms with Crippen LogP contribution in [0.15, 0.2) is 31.6 Å². The highest BCUT2D eigenvalue weighted by molar-refractivity contribution is 9.11. The summed E-state index contributed by atoms with van der Waals surface area (Å²) in [7, 11) is 0. The molecule has 21 heavy (non-hydrogen) atoms. The molecular weight excluding hydrogens is 416 g/mol. The van der Waals surface area contributed by atoms with Gasteiger partial charge < -0.3 is 9.15 Å². The number of halogens is 4. The summed E-state index contributed by atoms with van der Waals surface area (Å²) < 4.78 is 37.2. The van der Waals surface area contributed by atoms with Crippen molar-refractivity contribution in [2.24, 2.45) is 0 Å². The molecule has 0 unspecified atom stereocenters. The second-order valence-electron chi connectivity index (χ2n) is 3.91. The lowest BCUT2D eigenvalue weighted by molar-refractivity contribution is 0.0476. The van der Waals surface area contributed by atoms with Crippen molar-refractivity contribution < 1.29 is 22.7 Å². The summed E-state index contributed by atoms with van der Waals surface area (Å²) >= 11 is 6.56. The molecule has 0 amide bonds. The van der Waals surface area contributed by atoms with Crippen molar-refractivity contribution in [2.45, 2.75) is 13.3 Å². The summed E-state index contributed by atoms with van der Waals surface area (Å²) in [5.74, 6) is -1.60. The Hall–Kier alpha value is -1.28. The number of oxazole rings is 1. The van der Waals surface area contributed by atoms with E-state index >= 15 is 0 Å².